The molecule has 1 aliphatic rings. The van der Waals surface area contributed by atoms with E-state index in [-0.39, 0.29) is 6.10 Å². The third kappa shape index (κ3) is 2.93. The molecule has 0 saturated carbocycles. The maximum Gasteiger partial charge on any atom is 0.153 e. The molecule has 0 amide bonds. The van der Waals surface area contributed by atoms with E-state index in [1.54, 1.807) is 17.1 Å². The van der Waals surface area contributed by atoms with Gasteiger partial charge in [0.2, 0.25) is 0 Å². The van der Waals surface area contributed by atoms with Crippen LogP contribution in [0.4, 0.5) is 5.69 Å². The average Bonchev–Trinajstić information content (AvgIpc) is 3.01. The van der Waals surface area contributed by atoms with Crippen molar-refractivity contribution in [3.8, 4) is 5.82 Å². The maximum atomic E-state index is 5.50. The number of ether oxygens (including phenoxy) is 1. The van der Waals surface area contributed by atoms with E-state index >= 15 is 0 Å². The number of rotatable bonds is 4. The van der Waals surface area contributed by atoms with Gasteiger partial charge in [-0.3, -0.25) is 0 Å². The molecule has 0 radical (unpaired) electrons. The molecule has 0 bridgehead atoms. The zero-order chi connectivity index (χ0) is 12.9. The number of nitrogens with one attached hydrogen (secondary N) is 1. The number of pyridine rings is 1. The van der Waals surface area contributed by atoms with Crippen molar-refractivity contribution in [1.82, 2.24) is 14.8 Å². The molecule has 2 aromatic heterocycles. The Balaban J connectivity index is 1.58. The molecule has 0 aromatic carbocycles. The molecule has 0 aliphatic carbocycles. The van der Waals surface area contributed by atoms with E-state index in [1.165, 1.54) is 0 Å². The van der Waals surface area contributed by atoms with Gasteiger partial charge in [-0.2, -0.15) is 5.10 Å². The highest BCUT2D eigenvalue weighted by atomic mass is 16.5. The topological polar surface area (TPSA) is 52.0 Å². The van der Waals surface area contributed by atoms with E-state index in [0.717, 1.165) is 30.9 Å². The molecule has 0 spiro atoms. The summed E-state index contributed by atoms with van der Waals surface area (Å²) in [5, 5.41) is 7.48. The second-order valence-corrected chi connectivity index (χ2v) is 4.44. The molecule has 3 heterocycles. The summed E-state index contributed by atoms with van der Waals surface area (Å²) in [4.78, 5) is 4.37. The quantitative estimate of drug-likeness (QED) is 0.912. The van der Waals surface area contributed by atoms with Crippen molar-refractivity contribution in [3.63, 3.8) is 0 Å². The standard InChI is InChI=1S/C14H16N4O/c1-2-9-19-13(4-1)11-15-12-5-6-14(16-10-12)18-8-3-7-17-18/h2-3,5-10,13,15H,1,4,11H2. The highest BCUT2D eigenvalue weighted by Gasteiger charge is 2.10. The summed E-state index contributed by atoms with van der Waals surface area (Å²) in [6.07, 6.45) is 11.7. The Bertz CT molecular complexity index is 533. The molecule has 3 rings (SSSR count). The van der Waals surface area contributed by atoms with Gasteiger partial charge >= 0.3 is 0 Å². The first kappa shape index (κ1) is 11.8. The lowest BCUT2D eigenvalue weighted by Gasteiger charge is -2.20. The van der Waals surface area contributed by atoms with E-state index in [2.05, 4.69) is 21.5 Å². The fraction of sp³-hybridized carbons (Fsp3) is 0.286. The summed E-state index contributed by atoms with van der Waals surface area (Å²) in [7, 11) is 0. The summed E-state index contributed by atoms with van der Waals surface area (Å²) >= 11 is 0. The summed E-state index contributed by atoms with van der Waals surface area (Å²) in [6.45, 7) is 0.799. The van der Waals surface area contributed by atoms with Crippen LogP contribution >= 0.6 is 0 Å². The van der Waals surface area contributed by atoms with Crippen molar-refractivity contribution in [2.75, 3.05) is 11.9 Å². The Labute approximate surface area is 111 Å². The normalized spacial score (nSPS) is 18.0. The Kier molecular flexibility index (Phi) is 3.45. The van der Waals surface area contributed by atoms with Gasteiger partial charge in [-0.25, -0.2) is 9.67 Å². The average molecular weight is 256 g/mol. The van der Waals surface area contributed by atoms with Crippen molar-refractivity contribution in [2.24, 2.45) is 0 Å². The van der Waals surface area contributed by atoms with E-state index < -0.39 is 0 Å². The van der Waals surface area contributed by atoms with E-state index in [1.807, 2.05) is 30.6 Å². The Hall–Kier alpha value is -2.30. The molecular formula is C14H16N4O. The minimum absolute atomic E-state index is 0.246. The van der Waals surface area contributed by atoms with Crippen LogP contribution in [-0.2, 0) is 4.74 Å². The van der Waals surface area contributed by atoms with Crippen molar-refractivity contribution in [1.29, 1.82) is 0 Å². The molecule has 19 heavy (non-hydrogen) atoms. The molecular weight excluding hydrogens is 240 g/mol. The van der Waals surface area contributed by atoms with Crippen molar-refractivity contribution in [3.05, 3.63) is 49.1 Å². The van der Waals surface area contributed by atoms with Gasteiger partial charge in [-0.1, -0.05) is 0 Å². The second-order valence-electron chi connectivity index (χ2n) is 4.44. The molecule has 0 fully saturated rings. The van der Waals surface area contributed by atoms with E-state index in [4.69, 9.17) is 4.74 Å². The Morgan fingerprint density at radius 2 is 2.42 bits per heavy atom. The number of nitrogens with zero attached hydrogens (tertiary/aromatic N) is 3. The maximum absolute atomic E-state index is 5.50. The van der Waals surface area contributed by atoms with Gasteiger partial charge in [0.25, 0.3) is 0 Å². The predicted octanol–water partition coefficient (Wildman–Crippen LogP) is 2.37. The number of hydrogen-bond acceptors (Lipinski definition) is 4. The van der Waals surface area contributed by atoms with Crippen LogP contribution in [0.5, 0.6) is 0 Å². The summed E-state index contributed by atoms with van der Waals surface area (Å²) in [6, 6.07) is 5.82. The Morgan fingerprint density at radius 3 is 3.11 bits per heavy atom. The largest absolute Gasteiger partial charge is 0.497 e. The smallest absolute Gasteiger partial charge is 0.153 e. The lowest BCUT2D eigenvalue weighted by Crippen LogP contribution is -2.23. The summed E-state index contributed by atoms with van der Waals surface area (Å²) < 4.78 is 7.24. The first-order chi connectivity index (χ1) is 9.42. The van der Waals surface area contributed by atoms with Gasteiger partial charge in [0, 0.05) is 12.4 Å². The van der Waals surface area contributed by atoms with Gasteiger partial charge in [-0.05, 0) is 37.1 Å². The molecule has 5 nitrogen and oxygen atoms in total. The highest BCUT2D eigenvalue weighted by molar-refractivity contribution is 5.43. The van der Waals surface area contributed by atoms with Crippen molar-refractivity contribution in [2.45, 2.75) is 18.9 Å². The third-order valence-electron chi connectivity index (χ3n) is 3.04. The minimum atomic E-state index is 0.246. The van der Waals surface area contributed by atoms with Gasteiger partial charge < -0.3 is 10.1 Å². The summed E-state index contributed by atoms with van der Waals surface area (Å²) in [5.41, 5.74) is 0.994. The van der Waals surface area contributed by atoms with Crippen molar-refractivity contribution < 1.29 is 4.74 Å². The van der Waals surface area contributed by atoms with Crippen LogP contribution in [-0.4, -0.2) is 27.4 Å². The second kappa shape index (κ2) is 5.56. The van der Waals surface area contributed by atoms with Crippen molar-refractivity contribution >= 4 is 5.69 Å². The van der Waals surface area contributed by atoms with E-state index in [0.29, 0.717) is 0 Å². The van der Waals surface area contributed by atoms with Gasteiger partial charge in [0.05, 0.1) is 24.7 Å². The van der Waals surface area contributed by atoms with Crippen LogP contribution in [0.2, 0.25) is 0 Å². The van der Waals surface area contributed by atoms with Crippen LogP contribution in [0.15, 0.2) is 49.1 Å². The fourth-order valence-corrected chi connectivity index (χ4v) is 2.00. The molecule has 2 aromatic rings. The molecule has 1 unspecified atom stereocenters. The zero-order valence-corrected chi connectivity index (χ0v) is 10.6. The molecule has 1 atom stereocenters. The summed E-state index contributed by atoms with van der Waals surface area (Å²) in [5.74, 6) is 0.812. The van der Waals surface area contributed by atoms with Gasteiger partial charge in [-0.15, -0.1) is 0 Å². The van der Waals surface area contributed by atoms with E-state index in [9.17, 15) is 0 Å². The first-order valence-corrected chi connectivity index (χ1v) is 6.42. The highest BCUT2D eigenvalue weighted by Crippen LogP contribution is 2.13. The van der Waals surface area contributed by atoms with Crippen LogP contribution in [0.25, 0.3) is 5.82 Å². The fourth-order valence-electron chi connectivity index (χ4n) is 2.00. The minimum Gasteiger partial charge on any atom is -0.497 e. The van der Waals surface area contributed by atoms with Crippen LogP contribution in [0.1, 0.15) is 12.8 Å². The van der Waals surface area contributed by atoms with Crippen LogP contribution < -0.4 is 5.32 Å². The van der Waals surface area contributed by atoms with Crippen LogP contribution in [0, 0.1) is 0 Å². The van der Waals surface area contributed by atoms with Crippen LogP contribution in [0.3, 0.4) is 0 Å². The monoisotopic (exact) mass is 256 g/mol. The zero-order valence-electron chi connectivity index (χ0n) is 10.6. The van der Waals surface area contributed by atoms with Gasteiger partial charge in [0.1, 0.15) is 6.10 Å². The predicted molar refractivity (Wildman–Crippen MR) is 73.1 cm³/mol. The molecule has 5 heteroatoms. The number of hydrogen-bond donors (Lipinski definition) is 1. The molecule has 0 saturated heterocycles. The first-order valence-electron chi connectivity index (χ1n) is 6.42. The third-order valence-corrected chi connectivity index (χ3v) is 3.04. The lowest BCUT2D eigenvalue weighted by molar-refractivity contribution is 0.135. The molecule has 98 valence electrons. The van der Waals surface area contributed by atoms with Gasteiger partial charge in [0.15, 0.2) is 5.82 Å². The number of anilines is 1. The Morgan fingerprint density at radius 1 is 1.42 bits per heavy atom. The lowest BCUT2D eigenvalue weighted by atomic mass is 10.1. The molecule has 1 N–H and O–H groups in total. The number of aromatic nitrogens is 3. The SMILES string of the molecule is C1=COC(CNc2ccc(-n3cccn3)nc2)CC1. The number of allylic oxidation sites excluding steroid dienone is 1. The molecule has 1 aliphatic heterocycles.